The standard InChI is InChI=1S/C13H16N2O2/c1-9-15-13-11(3-2-4-12(13)17-9)16-8-10-5-6-14-7-10/h2-4,10,14H,5-8H2,1H3. The van der Waals surface area contributed by atoms with Crippen LogP contribution >= 0.6 is 0 Å². The molecule has 4 heteroatoms. The minimum Gasteiger partial charge on any atom is -0.491 e. The third-order valence-corrected chi connectivity index (χ3v) is 3.13. The zero-order valence-electron chi connectivity index (χ0n) is 9.90. The second kappa shape index (κ2) is 4.37. The Labute approximate surface area is 100.0 Å². The lowest BCUT2D eigenvalue weighted by atomic mass is 10.1. The summed E-state index contributed by atoms with van der Waals surface area (Å²) in [5.41, 5.74) is 1.63. The van der Waals surface area contributed by atoms with Crippen molar-refractivity contribution < 1.29 is 9.15 Å². The van der Waals surface area contributed by atoms with E-state index < -0.39 is 0 Å². The van der Waals surface area contributed by atoms with Gasteiger partial charge in [-0.05, 0) is 25.1 Å². The molecule has 0 spiro atoms. The Morgan fingerprint density at radius 2 is 2.47 bits per heavy atom. The monoisotopic (exact) mass is 232 g/mol. The number of aryl methyl sites for hydroxylation is 1. The van der Waals surface area contributed by atoms with Crippen molar-refractivity contribution in [3.8, 4) is 5.75 Å². The number of aromatic nitrogens is 1. The molecule has 17 heavy (non-hydrogen) atoms. The molecule has 0 bridgehead atoms. The second-order valence-electron chi connectivity index (χ2n) is 4.51. The first-order chi connectivity index (χ1) is 8.33. The molecule has 2 heterocycles. The number of fused-ring (bicyclic) bond motifs is 1. The molecular weight excluding hydrogens is 216 g/mol. The summed E-state index contributed by atoms with van der Waals surface area (Å²) in [5.74, 6) is 2.11. The first-order valence-electron chi connectivity index (χ1n) is 6.02. The van der Waals surface area contributed by atoms with Gasteiger partial charge in [-0.15, -0.1) is 0 Å². The van der Waals surface area contributed by atoms with Crippen molar-refractivity contribution in [2.75, 3.05) is 19.7 Å². The molecule has 3 rings (SSSR count). The van der Waals surface area contributed by atoms with Crippen LogP contribution in [0.4, 0.5) is 0 Å². The fraction of sp³-hybridized carbons (Fsp3) is 0.462. The molecule has 2 aromatic rings. The van der Waals surface area contributed by atoms with Crippen LogP contribution in [0.15, 0.2) is 22.6 Å². The van der Waals surface area contributed by atoms with Crippen LogP contribution < -0.4 is 10.1 Å². The maximum absolute atomic E-state index is 5.85. The van der Waals surface area contributed by atoms with Crippen molar-refractivity contribution in [2.24, 2.45) is 5.92 Å². The van der Waals surface area contributed by atoms with Gasteiger partial charge in [-0.25, -0.2) is 4.98 Å². The van der Waals surface area contributed by atoms with Gasteiger partial charge in [0.15, 0.2) is 17.0 Å². The van der Waals surface area contributed by atoms with Gasteiger partial charge in [-0.3, -0.25) is 0 Å². The van der Waals surface area contributed by atoms with Crippen molar-refractivity contribution in [3.05, 3.63) is 24.1 Å². The summed E-state index contributed by atoms with van der Waals surface area (Å²) >= 11 is 0. The van der Waals surface area contributed by atoms with Crippen molar-refractivity contribution in [1.29, 1.82) is 0 Å². The fourth-order valence-corrected chi connectivity index (χ4v) is 2.21. The quantitative estimate of drug-likeness (QED) is 0.880. The van der Waals surface area contributed by atoms with Crippen molar-refractivity contribution in [1.82, 2.24) is 10.3 Å². The van der Waals surface area contributed by atoms with Gasteiger partial charge in [0.05, 0.1) is 6.61 Å². The van der Waals surface area contributed by atoms with Gasteiger partial charge < -0.3 is 14.5 Å². The van der Waals surface area contributed by atoms with Gasteiger partial charge in [-0.1, -0.05) is 6.07 Å². The molecule has 1 aromatic heterocycles. The van der Waals surface area contributed by atoms with Crippen molar-refractivity contribution in [3.63, 3.8) is 0 Å². The smallest absolute Gasteiger partial charge is 0.192 e. The summed E-state index contributed by atoms with van der Waals surface area (Å²) in [6.45, 7) is 4.75. The number of para-hydroxylation sites is 1. The second-order valence-corrected chi connectivity index (χ2v) is 4.51. The average molecular weight is 232 g/mol. The predicted molar refractivity (Wildman–Crippen MR) is 65.2 cm³/mol. The van der Waals surface area contributed by atoms with Crippen LogP contribution in [0, 0.1) is 12.8 Å². The van der Waals surface area contributed by atoms with Gasteiger partial charge in [0.25, 0.3) is 0 Å². The van der Waals surface area contributed by atoms with Crippen LogP contribution in [-0.2, 0) is 0 Å². The van der Waals surface area contributed by atoms with Gasteiger partial charge in [-0.2, -0.15) is 0 Å². The summed E-state index contributed by atoms with van der Waals surface area (Å²) in [6.07, 6.45) is 1.19. The largest absolute Gasteiger partial charge is 0.491 e. The van der Waals surface area contributed by atoms with E-state index in [0.29, 0.717) is 11.8 Å². The molecule has 1 aliphatic rings. The third kappa shape index (κ3) is 2.13. The van der Waals surface area contributed by atoms with E-state index in [1.54, 1.807) is 0 Å². The number of hydrogen-bond acceptors (Lipinski definition) is 4. The van der Waals surface area contributed by atoms with Gasteiger partial charge in [0.1, 0.15) is 5.75 Å². The number of rotatable bonds is 3. The van der Waals surface area contributed by atoms with Crippen LogP contribution in [0.3, 0.4) is 0 Å². The first-order valence-corrected chi connectivity index (χ1v) is 6.02. The van der Waals surface area contributed by atoms with E-state index in [9.17, 15) is 0 Å². The Hall–Kier alpha value is -1.55. The zero-order chi connectivity index (χ0) is 11.7. The Kier molecular flexibility index (Phi) is 2.73. The molecule has 90 valence electrons. The topological polar surface area (TPSA) is 47.3 Å². The molecule has 0 radical (unpaired) electrons. The van der Waals surface area contributed by atoms with Crippen LogP contribution in [0.2, 0.25) is 0 Å². The maximum atomic E-state index is 5.85. The van der Waals surface area contributed by atoms with E-state index in [2.05, 4.69) is 10.3 Å². The van der Waals surface area contributed by atoms with Crippen molar-refractivity contribution >= 4 is 11.1 Å². The molecule has 1 atom stereocenters. The SMILES string of the molecule is Cc1nc2c(OCC3CCNC3)cccc2o1. The first kappa shape index (κ1) is 10.6. The molecular formula is C13H16N2O2. The molecule has 1 aliphatic heterocycles. The number of nitrogens with one attached hydrogen (secondary N) is 1. The van der Waals surface area contributed by atoms with Crippen LogP contribution in [0.5, 0.6) is 5.75 Å². The predicted octanol–water partition coefficient (Wildman–Crippen LogP) is 2.12. The average Bonchev–Trinajstić information content (AvgIpc) is 2.93. The van der Waals surface area contributed by atoms with E-state index in [1.807, 2.05) is 25.1 Å². The number of nitrogens with zero attached hydrogens (tertiary/aromatic N) is 1. The van der Waals surface area contributed by atoms with Crippen LogP contribution in [-0.4, -0.2) is 24.7 Å². The summed E-state index contributed by atoms with van der Waals surface area (Å²) < 4.78 is 11.3. The molecule has 1 N–H and O–H groups in total. The van der Waals surface area contributed by atoms with Crippen LogP contribution in [0.1, 0.15) is 12.3 Å². The highest BCUT2D eigenvalue weighted by Crippen LogP contribution is 2.26. The summed E-state index contributed by atoms with van der Waals surface area (Å²) in [4.78, 5) is 4.35. The zero-order valence-corrected chi connectivity index (χ0v) is 9.90. The lowest BCUT2D eigenvalue weighted by Gasteiger charge is -2.10. The Morgan fingerprint density at radius 3 is 3.29 bits per heavy atom. The van der Waals surface area contributed by atoms with E-state index in [1.165, 1.54) is 6.42 Å². The molecule has 1 saturated heterocycles. The van der Waals surface area contributed by atoms with Gasteiger partial charge in [0, 0.05) is 19.4 Å². The van der Waals surface area contributed by atoms with E-state index in [-0.39, 0.29) is 0 Å². The number of oxazole rings is 1. The highest BCUT2D eigenvalue weighted by atomic mass is 16.5. The molecule has 1 unspecified atom stereocenters. The highest BCUT2D eigenvalue weighted by molar-refractivity contribution is 5.79. The third-order valence-electron chi connectivity index (χ3n) is 3.13. The summed E-state index contributed by atoms with van der Waals surface area (Å²) in [5, 5.41) is 3.34. The number of hydrogen-bond donors (Lipinski definition) is 1. The van der Waals surface area contributed by atoms with Crippen molar-refractivity contribution in [2.45, 2.75) is 13.3 Å². The molecule has 1 aromatic carbocycles. The Bertz CT molecular complexity index is 515. The lowest BCUT2D eigenvalue weighted by molar-refractivity contribution is 0.262. The van der Waals surface area contributed by atoms with E-state index >= 15 is 0 Å². The number of benzene rings is 1. The van der Waals surface area contributed by atoms with Gasteiger partial charge >= 0.3 is 0 Å². The number of ether oxygens (including phenoxy) is 1. The molecule has 0 amide bonds. The fourth-order valence-electron chi connectivity index (χ4n) is 2.21. The minimum atomic E-state index is 0.609. The van der Waals surface area contributed by atoms with E-state index in [4.69, 9.17) is 9.15 Å². The lowest BCUT2D eigenvalue weighted by Crippen LogP contribution is -2.15. The van der Waals surface area contributed by atoms with Crippen LogP contribution in [0.25, 0.3) is 11.1 Å². The highest BCUT2D eigenvalue weighted by Gasteiger charge is 2.16. The van der Waals surface area contributed by atoms with Gasteiger partial charge in [0.2, 0.25) is 0 Å². The maximum Gasteiger partial charge on any atom is 0.192 e. The molecule has 0 aliphatic carbocycles. The summed E-state index contributed by atoms with van der Waals surface area (Å²) in [7, 11) is 0. The normalized spacial score (nSPS) is 19.9. The Balaban J connectivity index is 1.79. The molecule has 4 nitrogen and oxygen atoms in total. The molecule has 1 fully saturated rings. The molecule has 0 saturated carbocycles. The minimum absolute atomic E-state index is 0.609. The van der Waals surface area contributed by atoms with E-state index in [0.717, 1.165) is 36.5 Å². The summed E-state index contributed by atoms with van der Waals surface area (Å²) in [6, 6.07) is 5.81. The Morgan fingerprint density at radius 1 is 1.53 bits per heavy atom.